The SMILES string of the molecule is CCOc1ccc(C(=O)NNC(=O)c2cnn(-c3ccccc3C)c2C(F)(F)F)cc1. The molecule has 3 rings (SSSR count). The molecule has 0 aliphatic heterocycles. The molecule has 0 fully saturated rings. The summed E-state index contributed by atoms with van der Waals surface area (Å²) in [5.74, 6) is -1.29. The molecule has 2 amide bonds. The third kappa shape index (κ3) is 4.85. The summed E-state index contributed by atoms with van der Waals surface area (Å²) in [5, 5.41) is 3.76. The Kier molecular flexibility index (Phi) is 6.28. The molecule has 0 bridgehead atoms. The van der Waals surface area contributed by atoms with Crippen LogP contribution in [0.1, 0.15) is 38.9 Å². The number of hydrogen-bond donors (Lipinski definition) is 2. The summed E-state index contributed by atoms with van der Waals surface area (Å²) in [6, 6.07) is 12.4. The number of amides is 2. The van der Waals surface area contributed by atoms with E-state index in [2.05, 4.69) is 10.5 Å². The van der Waals surface area contributed by atoms with Crippen LogP contribution in [0.5, 0.6) is 5.75 Å². The van der Waals surface area contributed by atoms with Crippen LogP contribution >= 0.6 is 0 Å². The smallest absolute Gasteiger partial charge is 0.434 e. The second-order valence-corrected chi connectivity index (χ2v) is 6.47. The maximum absolute atomic E-state index is 13.7. The Labute approximate surface area is 175 Å². The summed E-state index contributed by atoms with van der Waals surface area (Å²) in [4.78, 5) is 24.6. The van der Waals surface area contributed by atoms with E-state index in [4.69, 9.17) is 4.74 Å². The van der Waals surface area contributed by atoms with E-state index in [-0.39, 0.29) is 11.3 Å². The number of para-hydroxylation sites is 1. The van der Waals surface area contributed by atoms with Crippen molar-refractivity contribution in [1.82, 2.24) is 20.6 Å². The third-order valence-corrected chi connectivity index (χ3v) is 4.34. The van der Waals surface area contributed by atoms with Gasteiger partial charge in [0.2, 0.25) is 0 Å². The lowest BCUT2D eigenvalue weighted by Crippen LogP contribution is -2.42. The lowest BCUT2D eigenvalue weighted by atomic mass is 10.2. The van der Waals surface area contributed by atoms with Crippen molar-refractivity contribution in [2.45, 2.75) is 20.0 Å². The number of nitrogens with zero attached hydrogens (tertiary/aromatic N) is 2. The van der Waals surface area contributed by atoms with Gasteiger partial charge in [-0.05, 0) is 49.7 Å². The Morgan fingerprint density at radius 2 is 1.68 bits per heavy atom. The van der Waals surface area contributed by atoms with E-state index in [0.717, 1.165) is 6.20 Å². The Hall–Kier alpha value is -3.82. The number of ether oxygens (including phenoxy) is 1. The average molecular weight is 432 g/mol. The molecule has 0 saturated heterocycles. The van der Waals surface area contributed by atoms with Crippen molar-refractivity contribution in [3.63, 3.8) is 0 Å². The number of rotatable bonds is 5. The first kappa shape index (κ1) is 21.9. The van der Waals surface area contributed by atoms with Gasteiger partial charge < -0.3 is 4.74 Å². The number of nitrogens with one attached hydrogen (secondary N) is 2. The lowest BCUT2D eigenvalue weighted by Gasteiger charge is -2.14. The average Bonchev–Trinajstić information content (AvgIpc) is 3.18. The zero-order chi connectivity index (χ0) is 22.6. The van der Waals surface area contributed by atoms with E-state index in [9.17, 15) is 22.8 Å². The second kappa shape index (κ2) is 8.90. The molecule has 1 aromatic heterocycles. The molecule has 7 nitrogen and oxygen atoms in total. The number of halogens is 3. The minimum atomic E-state index is -4.86. The minimum Gasteiger partial charge on any atom is -0.494 e. The highest BCUT2D eigenvalue weighted by Gasteiger charge is 2.40. The van der Waals surface area contributed by atoms with Crippen LogP contribution in [0, 0.1) is 6.92 Å². The summed E-state index contributed by atoms with van der Waals surface area (Å²) in [5.41, 5.74) is 3.07. The molecule has 0 unspecified atom stereocenters. The first-order valence-corrected chi connectivity index (χ1v) is 9.27. The van der Waals surface area contributed by atoms with E-state index in [1.54, 1.807) is 37.3 Å². The quantitative estimate of drug-likeness (QED) is 0.603. The molecule has 2 N–H and O–H groups in total. The number of carbonyl (C=O) groups is 2. The van der Waals surface area contributed by atoms with Crippen LogP contribution in [0.15, 0.2) is 54.7 Å². The van der Waals surface area contributed by atoms with E-state index in [1.165, 1.54) is 18.2 Å². The fourth-order valence-electron chi connectivity index (χ4n) is 2.89. The number of carbonyl (C=O) groups excluding carboxylic acids is 2. The van der Waals surface area contributed by atoms with Gasteiger partial charge in [-0.1, -0.05) is 18.2 Å². The fraction of sp³-hybridized carbons (Fsp3) is 0.190. The third-order valence-electron chi connectivity index (χ3n) is 4.34. The van der Waals surface area contributed by atoms with Crippen molar-refractivity contribution < 1.29 is 27.5 Å². The Morgan fingerprint density at radius 1 is 1.03 bits per heavy atom. The van der Waals surface area contributed by atoms with Crippen molar-refractivity contribution in [2.24, 2.45) is 0 Å². The number of aromatic nitrogens is 2. The van der Waals surface area contributed by atoms with E-state index in [1.807, 2.05) is 12.3 Å². The van der Waals surface area contributed by atoms with Crippen LogP contribution in [0.4, 0.5) is 13.2 Å². The van der Waals surface area contributed by atoms with Crippen LogP contribution in [0.25, 0.3) is 5.69 Å². The molecule has 1 heterocycles. The summed E-state index contributed by atoms with van der Waals surface area (Å²) in [7, 11) is 0. The molecule has 3 aromatic rings. The molecule has 31 heavy (non-hydrogen) atoms. The highest BCUT2D eigenvalue weighted by molar-refractivity contribution is 5.99. The minimum absolute atomic E-state index is 0.187. The molecule has 0 radical (unpaired) electrons. The maximum atomic E-state index is 13.7. The molecule has 0 aliphatic rings. The van der Waals surface area contributed by atoms with E-state index >= 15 is 0 Å². The van der Waals surface area contributed by atoms with Crippen LogP contribution in [0.2, 0.25) is 0 Å². The van der Waals surface area contributed by atoms with Gasteiger partial charge in [-0.25, -0.2) is 4.68 Å². The zero-order valence-electron chi connectivity index (χ0n) is 16.7. The normalized spacial score (nSPS) is 11.1. The predicted molar refractivity (Wildman–Crippen MR) is 106 cm³/mol. The van der Waals surface area contributed by atoms with Gasteiger partial charge in [0, 0.05) is 5.56 Å². The number of alkyl halides is 3. The van der Waals surface area contributed by atoms with Crippen LogP contribution in [-0.2, 0) is 6.18 Å². The van der Waals surface area contributed by atoms with Gasteiger partial charge in [0.25, 0.3) is 11.8 Å². The molecule has 0 atom stereocenters. The molecule has 0 aliphatic carbocycles. The first-order valence-electron chi connectivity index (χ1n) is 9.27. The fourth-order valence-corrected chi connectivity index (χ4v) is 2.89. The Morgan fingerprint density at radius 3 is 2.29 bits per heavy atom. The highest BCUT2D eigenvalue weighted by atomic mass is 19.4. The first-order chi connectivity index (χ1) is 14.7. The standard InChI is InChI=1S/C21H19F3N4O3/c1-3-31-15-10-8-14(9-11-15)19(29)26-27-20(30)16-12-25-28(18(16)21(22,23)24)17-7-5-4-6-13(17)2/h4-12H,3H2,1-2H3,(H,26,29)(H,27,30). The monoisotopic (exact) mass is 432 g/mol. The maximum Gasteiger partial charge on any atom is 0.434 e. The molecule has 162 valence electrons. The molecule has 0 saturated carbocycles. The van der Waals surface area contributed by atoms with Gasteiger partial charge >= 0.3 is 6.18 Å². The highest BCUT2D eigenvalue weighted by Crippen LogP contribution is 2.34. The number of hydrazine groups is 1. The molecule has 0 spiro atoms. The van der Waals surface area contributed by atoms with Gasteiger partial charge in [0.15, 0.2) is 5.69 Å². The van der Waals surface area contributed by atoms with Gasteiger partial charge in [0.1, 0.15) is 5.75 Å². The van der Waals surface area contributed by atoms with Crippen molar-refractivity contribution in [3.8, 4) is 11.4 Å². The summed E-state index contributed by atoms with van der Waals surface area (Å²) in [6.45, 7) is 3.90. The topological polar surface area (TPSA) is 85.2 Å². The van der Waals surface area contributed by atoms with Crippen molar-refractivity contribution in [3.05, 3.63) is 77.1 Å². The zero-order valence-corrected chi connectivity index (χ0v) is 16.7. The van der Waals surface area contributed by atoms with Gasteiger partial charge in [-0.3, -0.25) is 20.4 Å². The second-order valence-electron chi connectivity index (χ2n) is 6.47. The Balaban J connectivity index is 1.80. The number of benzene rings is 2. The van der Waals surface area contributed by atoms with Crippen LogP contribution in [0.3, 0.4) is 0 Å². The number of hydrogen-bond acceptors (Lipinski definition) is 4. The summed E-state index contributed by atoms with van der Waals surface area (Å²) in [6.07, 6.45) is -4.04. The largest absolute Gasteiger partial charge is 0.494 e. The molecular weight excluding hydrogens is 413 g/mol. The molecule has 2 aromatic carbocycles. The van der Waals surface area contributed by atoms with Crippen molar-refractivity contribution in [1.29, 1.82) is 0 Å². The van der Waals surface area contributed by atoms with E-state index in [0.29, 0.717) is 22.6 Å². The van der Waals surface area contributed by atoms with Gasteiger partial charge in [-0.15, -0.1) is 0 Å². The van der Waals surface area contributed by atoms with Crippen molar-refractivity contribution in [2.75, 3.05) is 6.61 Å². The van der Waals surface area contributed by atoms with Gasteiger partial charge in [-0.2, -0.15) is 18.3 Å². The molecular formula is C21H19F3N4O3. The van der Waals surface area contributed by atoms with Crippen molar-refractivity contribution >= 4 is 11.8 Å². The van der Waals surface area contributed by atoms with Crippen LogP contribution in [-0.4, -0.2) is 28.2 Å². The van der Waals surface area contributed by atoms with Crippen LogP contribution < -0.4 is 15.6 Å². The summed E-state index contributed by atoms with van der Waals surface area (Å²) >= 11 is 0. The number of aryl methyl sites for hydroxylation is 1. The molecule has 10 heteroatoms. The van der Waals surface area contributed by atoms with Gasteiger partial charge in [0.05, 0.1) is 24.1 Å². The lowest BCUT2D eigenvalue weighted by molar-refractivity contribution is -0.143. The Bertz CT molecular complexity index is 1090. The summed E-state index contributed by atoms with van der Waals surface area (Å²) < 4.78 is 47.2. The predicted octanol–water partition coefficient (Wildman–Crippen LogP) is 3.67. The van der Waals surface area contributed by atoms with E-state index < -0.39 is 29.2 Å².